The molecule has 98 valence electrons. The molecule has 0 atom stereocenters. The highest BCUT2D eigenvalue weighted by molar-refractivity contribution is 6.75. The molecule has 0 amide bonds. The summed E-state index contributed by atoms with van der Waals surface area (Å²) in [5, 5.41) is 0. The second-order valence-corrected chi connectivity index (χ2v) is 12.9. The van der Waals surface area contributed by atoms with Gasteiger partial charge in [-0.25, -0.2) is 0 Å². The summed E-state index contributed by atoms with van der Waals surface area (Å²) in [5.74, 6) is 0.647. The van der Waals surface area contributed by atoms with Crippen molar-refractivity contribution in [3.8, 4) is 0 Å². The van der Waals surface area contributed by atoms with Crippen molar-refractivity contribution in [2.24, 2.45) is 0 Å². The van der Waals surface area contributed by atoms with Crippen molar-refractivity contribution in [1.29, 1.82) is 0 Å². The summed E-state index contributed by atoms with van der Waals surface area (Å²) in [6, 6.07) is 0.862. The Morgan fingerprint density at radius 2 is 1.56 bits per heavy atom. The van der Waals surface area contributed by atoms with Gasteiger partial charge in [0.2, 0.25) is 0 Å². The van der Waals surface area contributed by atoms with Crippen LogP contribution in [0.4, 0.5) is 0 Å². The van der Waals surface area contributed by atoms with E-state index in [0.717, 1.165) is 12.5 Å². The lowest BCUT2D eigenvalue weighted by molar-refractivity contribution is 0.175. The van der Waals surface area contributed by atoms with Gasteiger partial charge in [0.1, 0.15) is 0 Å². The normalized spacial score (nSPS) is 12.8. The van der Waals surface area contributed by atoms with E-state index in [0.29, 0.717) is 12.5 Å². The van der Waals surface area contributed by atoms with E-state index < -0.39 is 26.9 Å². The summed E-state index contributed by atoms with van der Waals surface area (Å²) in [6.07, 6.45) is 0.913. The first-order chi connectivity index (χ1) is 7.45. The van der Waals surface area contributed by atoms with Crippen molar-refractivity contribution in [3.05, 3.63) is 0 Å². The van der Waals surface area contributed by atoms with Crippen LogP contribution in [0, 0.1) is 0 Å². The molecule has 3 nitrogen and oxygen atoms in total. The van der Waals surface area contributed by atoms with E-state index in [4.69, 9.17) is 24.3 Å². The first-order valence-electron chi connectivity index (χ1n) is 6.01. The second kappa shape index (κ2) is 8.85. The maximum absolute atomic E-state index is 6.10. The van der Waals surface area contributed by atoms with Gasteiger partial charge in [0.05, 0.1) is 0 Å². The molecule has 0 unspecified atom stereocenters. The summed E-state index contributed by atoms with van der Waals surface area (Å²) < 4.78 is 18.1. The SMILES string of the molecule is CCO[Si](CCCCl)(O[SiH](C)C)O[SiH](C)C. The topological polar surface area (TPSA) is 27.7 Å². The molecule has 16 heavy (non-hydrogen) atoms. The Balaban J connectivity index is 4.58. The van der Waals surface area contributed by atoms with Crippen LogP contribution in [-0.4, -0.2) is 39.4 Å². The highest BCUT2D eigenvalue weighted by Gasteiger charge is 2.41. The summed E-state index contributed by atoms with van der Waals surface area (Å²) >= 11 is 5.76. The van der Waals surface area contributed by atoms with Crippen LogP contribution in [0.3, 0.4) is 0 Å². The Labute approximate surface area is 109 Å². The predicted octanol–water partition coefficient (Wildman–Crippen LogP) is 2.59. The first kappa shape index (κ1) is 16.8. The molecule has 0 aromatic heterocycles. The van der Waals surface area contributed by atoms with Crippen molar-refractivity contribution in [2.45, 2.75) is 45.6 Å². The van der Waals surface area contributed by atoms with E-state index in [9.17, 15) is 0 Å². The Morgan fingerprint density at radius 3 is 1.88 bits per heavy atom. The molecule has 7 heteroatoms. The monoisotopic (exact) mass is 300 g/mol. The van der Waals surface area contributed by atoms with Gasteiger partial charge in [0, 0.05) is 18.5 Å². The zero-order valence-corrected chi connectivity index (χ0v) is 15.2. The van der Waals surface area contributed by atoms with Gasteiger partial charge in [-0.05, 0) is 39.5 Å². The van der Waals surface area contributed by atoms with Crippen LogP contribution < -0.4 is 0 Å². The van der Waals surface area contributed by atoms with Crippen molar-refractivity contribution < 1.29 is 12.7 Å². The summed E-state index contributed by atoms with van der Waals surface area (Å²) in [4.78, 5) is 0. The van der Waals surface area contributed by atoms with Crippen molar-refractivity contribution in [3.63, 3.8) is 0 Å². The lowest BCUT2D eigenvalue weighted by Crippen LogP contribution is -2.51. The molecule has 0 N–H and O–H groups in total. The molecular formula is C9H25ClO3Si3. The zero-order valence-electron chi connectivity index (χ0n) is 11.1. The average Bonchev–Trinajstić information content (AvgIpc) is 2.13. The van der Waals surface area contributed by atoms with E-state index >= 15 is 0 Å². The number of hydrogen-bond acceptors (Lipinski definition) is 3. The molecule has 0 spiro atoms. The smallest absolute Gasteiger partial charge is 0.419 e. The van der Waals surface area contributed by atoms with Crippen LogP contribution >= 0.6 is 11.6 Å². The van der Waals surface area contributed by atoms with Crippen LogP contribution in [0.25, 0.3) is 0 Å². The number of alkyl halides is 1. The largest absolute Gasteiger partial charge is 0.479 e. The number of halogens is 1. The molecule has 0 fully saturated rings. The highest BCUT2D eigenvalue weighted by atomic mass is 35.5. The van der Waals surface area contributed by atoms with E-state index in [1.807, 2.05) is 6.92 Å². The molecule has 0 heterocycles. The average molecular weight is 301 g/mol. The van der Waals surface area contributed by atoms with Gasteiger partial charge >= 0.3 is 8.80 Å². The van der Waals surface area contributed by atoms with Crippen LogP contribution in [0.15, 0.2) is 0 Å². The fraction of sp³-hybridized carbons (Fsp3) is 1.00. The Morgan fingerprint density at radius 1 is 1.06 bits per heavy atom. The minimum absolute atomic E-state index is 0.647. The first-order valence-corrected chi connectivity index (χ1v) is 14.0. The molecule has 0 radical (unpaired) electrons. The molecular weight excluding hydrogens is 276 g/mol. The maximum Gasteiger partial charge on any atom is 0.479 e. The summed E-state index contributed by atoms with van der Waals surface area (Å²) in [7, 11) is -4.68. The lowest BCUT2D eigenvalue weighted by Gasteiger charge is -2.33. The molecule has 0 aromatic rings. The second-order valence-electron chi connectivity index (χ2n) is 4.24. The fourth-order valence-electron chi connectivity index (χ4n) is 1.51. The summed E-state index contributed by atoms with van der Waals surface area (Å²) in [5.41, 5.74) is 0. The Bertz CT molecular complexity index is 171. The van der Waals surface area contributed by atoms with Gasteiger partial charge in [-0.2, -0.15) is 0 Å². The third-order valence-corrected chi connectivity index (χ3v) is 10.4. The zero-order chi connectivity index (χ0) is 12.6. The van der Waals surface area contributed by atoms with Gasteiger partial charge in [-0.1, -0.05) is 0 Å². The highest BCUT2D eigenvalue weighted by Crippen LogP contribution is 2.20. The molecule has 0 aliphatic carbocycles. The minimum Gasteiger partial charge on any atom is -0.419 e. The fourth-order valence-corrected chi connectivity index (χ4v) is 11.0. The van der Waals surface area contributed by atoms with Crippen LogP contribution in [0.1, 0.15) is 13.3 Å². The Kier molecular flexibility index (Phi) is 9.30. The molecule has 0 saturated carbocycles. The van der Waals surface area contributed by atoms with Crippen LogP contribution in [0.5, 0.6) is 0 Å². The van der Waals surface area contributed by atoms with Gasteiger partial charge in [0.15, 0.2) is 18.1 Å². The van der Waals surface area contributed by atoms with Crippen LogP contribution in [-0.2, 0) is 12.7 Å². The summed E-state index contributed by atoms with van der Waals surface area (Å²) in [6.45, 7) is 11.3. The molecule has 0 aliphatic heterocycles. The molecule has 0 rings (SSSR count). The van der Waals surface area contributed by atoms with Crippen molar-refractivity contribution in [2.75, 3.05) is 12.5 Å². The molecule has 0 bridgehead atoms. The van der Waals surface area contributed by atoms with Crippen molar-refractivity contribution in [1.82, 2.24) is 0 Å². The molecule has 0 saturated heterocycles. The Hall–Kier alpha value is 0.821. The van der Waals surface area contributed by atoms with Gasteiger partial charge in [-0.15, -0.1) is 11.6 Å². The standard InChI is InChI=1S/C9H25ClO3Si3/c1-6-11-16(9-7-8-10,12-14(2)3)13-15(4)5/h14-15H,6-9H2,1-5H3. The third kappa shape index (κ3) is 7.21. The van der Waals surface area contributed by atoms with Crippen LogP contribution in [0.2, 0.25) is 32.2 Å². The van der Waals surface area contributed by atoms with E-state index in [2.05, 4.69) is 26.2 Å². The predicted molar refractivity (Wildman–Crippen MR) is 77.4 cm³/mol. The van der Waals surface area contributed by atoms with E-state index in [1.165, 1.54) is 0 Å². The van der Waals surface area contributed by atoms with E-state index in [-0.39, 0.29) is 0 Å². The molecule has 0 aliphatic rings. The molecule has 0 aromatic carbocycles. The van der Waals surface area contributed by atoms with Gasteiger partial charge < -0.3 is 12.7 Å². The number of rotatable bonds is 9. The maximum atomic E-state index is 6.10. The minimum atomic E-state index is -2.40. The lowest BCUT2D eigenvalue weighted by atomic mass is 10.6. The quantitative estimate of drug-likeness (QED) is 0.484. The third-order valence-electron chi connectivity index (χ3n) is 1.81. The van der Waals surface area contributed by atoms with E-state index in [1.54, 1.807) is 0 Å². The van der Waals surface area contributed by atoms with Crippen molar-refractivity contribution >= 4 is 38.5 Å². The number of hydrogen-bond donors (Lipinski definition) is 0. The van der Waals surface area contributed by atoms with Gasteiger partial charge in [-0.3, -0.25) is 0 Å². The van der Waals surface area contributed by atoms with Gasteiger partial charge in [0.25, 0.3) is 0 Å².